The Morgan fingerprint density at radius 2 is 1.61 bits per heavy atom. The van der Waals surface area contributed by atoms with Crippen molar-refractivity contribution < 1.29 is 23.1 Å². The van der Waals surface area contributed by atoms with Crippen LogP contribution < -0.4 is 0 Å². The maximum Gasteiger partial charge on any atom is 0.211 e. The van der Waals surface area contributed by atoms with Crippen molar-refractivity contribution in [1.29, 1.82) is 0 Å². The van der Waals surface area contributed by atoms with Gasteiger partial charge < -0.3 is 14.6 Å². The Morgan fingerprint density at radius 1 is 1.07 bits per heavy atom. The highest BCUT2D eigenvalue weighted by atomic mass is 32.2. The van der Waals surface area contributed by atoms with Gasteiger partial charge in [-0.05, 0) is 36.2 Å². The molecule has 0 aliphatic heterocycles. The number of benzene rings is 1. The van der Waals surface area contributed by atoms with Crippen LogP contribution in [0.25, 0.3) is 0 Å². The molecule has 1 aromatic carbocycles. The van der Waals surface area contributed by atoms with Crippen LogP contribution in [-0.4, -0.2) is 44.1 Å². The number of rotatable bonds is 4. The zero-order chi connectivity index (χ0) is 21.5. The van der Waals surface area contributed by atoms with Gasteiger partial charge in [0.25, 0.3) is 0 Å². The molecule has 0 aromatic heterocycles. The molecule has 1 aromatic rings. The number of aliphatic hydroxyl groups excluding tert-OH is 1. The molecule has 7 heteroatoms. The monoisotopic (exact) mass is 426 g/mol. The van der Waals surface area contributed by atoms with Gasteiger partial charge in [-0.1, -0.05) is 65.0 Å². The molecular formula is C21H34O5SSi. The van der Waals surface area contributed by atoms with E-state index in [-0.39, 0.29) is 15.9 Å². The molecule has 5 atom stereocenters. The fourth-order valence-electron chi connectivity index (χ4n) is 3.41. The van der Waals surface area contributed by atoms with Crippen molar-refractivity contribution >= 4 is 18.2 Å². The van der Waals surface area contributed by atoms with Crippen molar-refractivity contribution in [2.45, 2.75) is 74.8 Å². The zero-order valence-corrected chi connectivity index (χ0v) is 19.7. The first-order chi connectivity index (χ1) is 12.7. The quantitative estimate of drug-likeness (QED) is 0.566. The first kappa shape index (κ1) is 23.3. The van der Waals surface area contributed by atoms with Crippen molar-refractivity contribution in [3.05, 3.63) is 42.5 Å². The summed E-state index contributed by atoms with van der Waals surface area (Å²) in [6.07, 6.45) is 1.04. The molecule has 0 unspecified atom stereocenters. The summed E-state index contributed by atoms with van der Waals surface area (Å²) >= 11 is 0. The summed E-state index contributed by atoms with van der Waals surface area (Å²) in [5.41, 5.74) is 0. The van der Waals surface area contributed by atoms with E-state index in [2.05, 4.69) is 33.9 Å². The molecule has 0 amide bonds. The Morgan fingerprint density at radius 3 is 2.11 bits per heavy atom. The summed E-state index contributed by atoms with van der Waals surface area (Å²) in [6.45, 7) is 14.1. The lowest BCUT2D eigenvalue weighted by Crippen LogP contribution is -2.58. The van der Waals surface area contributed by atoms with E-state index in [4.69, 9.17) is 4.43 Å². The molecule has 158 valence electrons. The van der Waals surface area contributed by atoms with E-state index in [0.717, 1.165) is 0 Å². The lowest BCUT2D eigenvalue weighted by atomic mass is 9.90. The third-order valence-corrected chi connectivity index (χ3v) is 13.2. The van der Waals surface area contributed by atoms with Crippen LogP contribution in [0.5, 0.6) is 0 Å². The SMILES string of the molecule is C[C@H]1C=C[C@H](O)[C@@](O)(S(=O)(=O)c2ccccc2)[C@@H](C)[C@@H]1O[Si](C)(C)C(C)(C)C. The predicted molar refractivity (Wildman–Crippen MR) is 114 cm³/mol. The highest BCUT2D eigenvalue weighted by Crippen LogP contribution is 2.44. The van der Waals surface area contributed by atoms with E-state index in [1.165, 1.54) is 18.2 Å². The molecule has 0 heterocycles. The fourth-order valence-corrected chi connectivity index (χ4v) is 6.77. The van der Waals surface area contributed by atoms with Crippen molar-refractivity contribution in [2.24, 2.45) is 11.8 Å². The van der Waals surface area contributed by atoms with Gasteiger partial charge in [-0.3, -0.25) is 0 Å². The second kappa shape index (κ2) is 7.68. The first-order valence-electron chi connectivity index (χ1n) is 9.72. The average molecular weight is 427 g/mol. The predicted octanol–water partition coefficient (Wildman–Crippen LogP) is 3.74. The van der Waals surface area contributed by atoms with Crippen LogP contribution in [0.3, 0.4) is 0 Å². The largest absolute Gasteiger partial charge is 0.413 e. The van der Waals surface area contributed by atoms with E-state index in [1.54, 1.807) is 31.2 Å². The standard InChI is InChI=1S/C21H34O5SSi/c1-15-13-14-18(22)21(23,27(24,25)17-11-9-8-10-12-17)16(2)19(15)26-28(6,7)20(3,4)5/h8-16,18-19,22-23H,1-7H3/t15-,16-,18-,19+,21-/m0/s1. The molecule has 5 nitrogen and oxygen atoms in total. The molecule has 28 heavy (non-hydrogen) atoms. The Kier molecular flexibility index (Phi) is 6.39. The Balaban J connectivity index is 2.57. The summed E-state index contributed by atoms with van der Waals surface area (Å²) in [5, 5.41) is 22.1. The number of sulfone groups is 1. The summed E-state index contributed by atoms with van der Waals surface area (Å²) in [4.78, 5) is -2.40. The van der Waals surface area contributed by atoms with Crippen LogP contribution in [0.1, 0.15) is 34.6 Å². The van der Waals surface area contributed by atoms with Gasteiger partial charge in [-0.2, -0.15) is 0 Å². The second-order valence-corrected chi connectivity index (χ2v) is 16.3. The number of hydrogen-bond acceptors (Lipinski definition) is 5. The minimum atomic E-state index is -4.24. The van der Waals surface area contributed by atoms with Gasteiger partial charge in [-0.25, -0.2) is 8.42 Å². The normalized spacial score (nSPS) is 32.2. The number of hydrogen-bond donors (Lipinski definition) is 2. The first-order valence-corrected chi connectivity index (χ1v) is 14.1. The van der Waals surface area contributed by atoms with Crippen LogP contribution in [0, 0.1) is 11.8 Å². The van der Waals surface area contributed by atoms with Crippen molar-refractivity contribution in [2.75, 3.05) is 0 Å². The van der Waals surface area contributed by atoms with Gasteiger partial charge >= 0.3 is 0 Å². The Hall–Kier alpha value is -0.993. The topological polar surface area (TPSA) is 83.8 Å². The minimum absolute atomic E-state index is 0.0163. The Bertz CT molecular complexity index is 813. The molecule has 0 saturated heterocycles. The van der Waals surface area contributed by atoms with Crippen molar-refractivity contribution in [3.8, 4) is 0 Å². The average Bonchev–Trinajstić information content (AvgIpc) is 2.68. The fraction of sp³-hybridized carbons (Fsp3) is 0.619. The van der Waals surface area contributed by atoms with E-state index < -0.39 is 41.2 Å². The Labute approximate surface area is 170 Å². The molecular weight excluding hydrogens is 392 g/mol. The van der Waals surface area contributed by atoms with Crippen molar-refractivity contribution in [1.82, 2.24) is 0 Å². The molecule has 0 fully saturated rings. The van der Waals surface area contributed by atoms with Gasteiger partial charge in [0, 0.05) is 5.92 Å². The third kappa shape index (κ3) is 3.87. The van der Waals surface area contributed by atoms with Gasteiger partial charge in [0.05, 0.1) is 11.0 Å². The maximum atomic E-state index is 13.4. The van der Waals surface area contributed by atoms with Gasteiger partial charge in [0.1, 0.15) is 6.10 Å². The third-order valence-electron chi connectivity index (χ3n) is 6.41. The molecule has 0 bridgehead atoms. The van der Waals surface area contributed by atoms with Crippen LogP contribution in [0.4, 0.5) is 0 Å². The van der Waals surface area contributed by atoms with E-state index in [1.807, 2.05) is 6.92 Å². The van der Waals surface area contributed by atoms with E-state index in [9.17, 15) is 18.6 Å². The molecule has 0 saturated carbocycles. The molecule has 2 rings (SSSR count). The van der Waals surface area contributed by atoms with Gasteiger partial charge in [0.2, 0.25) is 14.8 Å². The summed E-state index contributed by atoms with van der Waals surface area (Å²) in [6, 6.07) is 7.79. The van der Waals surface area contributed by atoms with Crippen molar-refractivity contribution in [3.63, 3.8) is 0 Å². The molecule has 0 spiro atoms. The maximum absolute atomic E-state index is 13.4. The highest BCUT2D eigenvalue weighted by Gasteiger charge is 2.57. The summed E-state index contributed by atoms with van der Waals surface area (Å²) < 4.78 is 33.4. The van der Waals surface area contributed by atoms with E-state index >= 15 is 0 Å². The smallest absolute Gasteiger partial charge is 0.211 e. The van der Waals surface area contributed by atoms with Gasteiger partial charge in [-0.15, -0.1) is 0 Å². The zero-order valence-electron chi connectivity index (χ0n) is 17.9. The van der Waals surface area contributed by atoms with Crippen LogP contribution in [-0.2, 0) is 14.3 Å². The minimum Gasteiger partial charge on any atom is -0.413 e. The molecule has 1 aliphatic rings. The summed E-state index contributed by atoms with van der Waals surface area (Å²) in [7, 11) is -6.48. The van der Waals surface area contributed by atoms with Gasteiger partial charge in [0.15, 0.2) is 8.32 Å². The lowest BCUT2D eigenvalue weighted by Gasteiger charge is -2.45. The highest BCUT2D eigenvalue weighted by molar-refractivity contribution is 7.92. The lowest BCUT2D eigenvalue weighted by molar-refractivity contribution is -0.0632. The summed E-state index contributed by atoms with van der Waals surface area (Å²) in [5.74, 6) is -0.995. The molecule has 2 N–H and O–H groups in total. The molecule has 1 aliphatic carbocycles. The van der Waals surface area contributed by atoms with Crippen LogP contribution in [0.15, 0.2) is 47.4 Å². The second-order valence-electron chi connectivity index (χ2n) is 9.39. The molecule has 0 radical (unpaired) electrons. The number of aliphatic hydroxyl groups is 2. The van der Waals surface area contributed by atoms with Crippen LogP contribution in [0.2, 0.25) is 18.1 Å². The van der Waals surface area contributed by atoms with Crippen LogP contribution >= 0.6 is 0 Å². The van der Waals surface area contributed by atoms with E-state index in [0.29, 0.717) is 0 Å².